The number of aromatic nitrogens is 2. The number of sulfone groups is 1. The van der Waals surface area contributed by atoms with Gasteiger partial charge in [-0.15, -0.1) is 0 Å². The molecule has 30 heavy (non-hydrogen) atoms. The predicted octanol–water partition coefficient (Wildman–Crippen LogP) is 2.64. The molecule has 0 fully saturated rings. The fourth-order valence-electron chi connectivity index (χ4n) is 2.55. The van der Waals surface area contributed by atoms with Crippen molar-refractivity contribution in [1.29, 1.82) is 0 Å². The van der Waals surface area contributed by atoms with Crippen LogP contribution in [0.15, 0.2) is 33.7 Å². The second-order valence-corrected chi connectivity index (χ2v) is 9.42. The second-order valence-electron chi connectivity index (χ2n) is 7.40. The predicted molar refractivity (Wildman–Crippen MR) is 112 cm³/mol. The highest BCUT2D eigenvalue weighted by Crippen LogP contribution is 2.16. The molecule has 1 heterocycles. The molecule has 2 rings (SSSR count). The van der Waals surface area contributed by atoms with Crippen LogP contribution in [0.25, 0.3) is 0 Å². The van der Waals surface area contributed by atoms with Gasteiger partial charge < -0.3 is 19.5 Å². The van der Waals surface area contributed by atoms with Crippen LogP contribution in [0.1, 0.15) is 44.3 Å². The maximum Gasteiger partial charge on any atom is 0.317 e. The van der Waals surface area contributed by atoms with Crippen molar-refractivity contribution in [2.75, 3.05) is 33.0 Å². The third-order valence-corrected chi connectivity index (χ3v) is 5.48. The highest BCUT2D eigenvalue weighted by Gasteiger charge is 2.11. The van der Waals surface area contributed by atoms with E-state index in [1.165, 1.54) is 12.1 Å². The number of benzene rings is 1. The van der Waals surface area contributed by atoms with Crippen LogP contribution in [-0.2, 0) is 16.3 Å². The molecule has 1 N–H and O–H groups in total. The highest BCUT2D eigenvalue weighted by molar-refractivity contribution is 7.90. The maximum atomic E-state index is 12.1. The molecule has 166 valence electrons. The van der Waals surface area contributed by atoms with Crippen molar-refractivity contribution >= 4 is 15.9 Å². The van der Waals surface area contributed by atoms with E-state index >= 15 is 0 Å². The molecule has 0 aliphatic heterocycles. The molecule has 0 spiro atoms. The molecular formula is C20H30N4O5S. The lowest BCUT2D eigenvalue weighted by Crippen LogP contribution is -2.38. The van der Waals surface area contributed by atoms with Gasteiger partial charge in [-0.1, -0.05) is 19.0 Å². The van der Waals surface area contributed by atoms with E-state index in [1.54, 1.807) is 24.1 Å². The number of urea groups is 1. The first-order valence-electron chi connectivity index (χ1n) is 9.91. The smallest absolute Gasteiger partial charge is 0.317 e. The summed E-state index contributed by atoms with van der Waals surface area (Å²) in [6.07, 6.45) is 3.15. The van der Waals surface area contributed by atoms with Gasteiger partial charge in [0.15, 0.2) is 15.7 Å². The average molecular weight is 439 g/mol. The van der Waals surface area contributed by atoms with Gasteiger partial charge in [0.2, 0.25) is 5.89 Å². The minimum atomic E-state index is -3.21. The van der Waals surface area contributed by atoms with Crippen molar-refractivity contribution < 1.29 is 22.5 Å². The number of hydrogen-bond acceptors (Lipinski definition) is 7. The first-order valence-corrected chi connectivity index (χ1v) is 11.8. The van der Waals surface area contributed by atoms with Crippen LogP contribution in [0, 0.1) is 0 Å². The van der Waals surface area contributed by atoms with Crippen LogP contribution in [0.3, 0.4) is 0 Å². The molecular weight excluding hydrogens is 408 g/mol. The Morgan fingerprint density at radius 2 is 1.93 bits per heavy atom. The van der Waals surface area contributed by atoms with E-state index in [2.05, 4.69) is 15.5 Å². The zero-order valence-electron chi connectivity index (χ0n) is 17.9. The Morgan fingerprint density at radius 3 is 2.53 bits per heavy atom. The number of nitrogens with one attached hydrogen (secondary N) is 1. The third kappa shape index (κ3) is 7.66. The fraction of sp³-hybridized carbons (Fsp3) is 0.550. The molecule has 0 aliphatic rings. The van der Waals surface area contributed by atoms with Gasteiger partial charge in [0.25, 0.3) is 0 Å². The molecule has 9 nitrogen and oxygen atoms in total. The van der Waals surface area contributed by atoms with Crippen LogP contribution >= 0.6 is 0 Å². The Kier molecular flexibility index (Phi) is 8.64. The topological polar surface area (TPSA) is 115 Å². The zero-order chi connectivity index (χ0) is 22.1. The van der Waals surface area contributed by atoms with Crippen molar-refractivity contribution in [1.82, 2.24) is 20.4 Å². The fourth-order valence-corrected chi connectivity index (χ4v) is 3.18. The number of carbonyl (C=O) groups excluding carboxylic acids is 1. The van der Waals surface area contributed by atoms with Gasteiger partial charge >= 0.3 is 6.03 Å². The summed E-state index contributed by atoms with van der Waals surface area (Å²) in [4.78, 5) is 18.3. The minimum Gasteiger partial charge on any atom is -0.494 e. The number of aryl methyl sites for hydroxylation is 1. The summed E-state index contributed by atoms with van der Waals surface area (Å²) in [5, 5.41) is 6.78. The first kappa shape index (κ1) is 23.7. The van der Waals surface area contributed by atoms with Gasteiger partial charge in [-0.25, -0.2) is 13.2 Å². The maximum absolute atomic E-state index is 12.1. The van der Waals surface area contributed by atoms with Gasteiger partial charge in [-0.05, 0) is 37.1 Å². The summed E-state index contributed by atoms with van der Waals surface area (Å²) < 4.78 is 33.7. The lowest BCUT2D eigenvalue weighted by Gasteiger charge is -2.18. The monoisotopic (exact) mass is 438 g/mol. The van der Waals surface area contributed by atoms with Gasteiger partial charge in [0.05, 0.1) is 11.5 Å². The largest absolute Gasteiger partial charge is 0.494 e. The summed E-state index contributed by atoms with van der Waals surface area (Å²) in [5.74, 6) is 2.10. The molecule has 0 saturated carbocycles. The van der Waals surface area contributed by atoms with Crippen molar-refractivity contribution in [3.8, 4) is 5.75 Å². The third-order valence-electron chi connectivity index (χ3n) is 4.35. The average Bonchev–Trinajstić information content (AvgIpc) is 3.17. The van der Waals surface area contributed by atoms with Gasteiger partial charge in [-0.3, -0.25) is 0 Å². The normalized spacial score (nSPS) is 11.5. The van der Waals surface area contributed by atoms with Crippen molar-refractivity contribution in [3.05, 3.63) is 36.0 Å². The number of carbonyl (C=O) groups is 1. The Balaban J connectivity index is 1.60. The number of ether oxygens (including phenoxy) is 1. The Labute approximate surface area is 177 Å². The van der Waals surface area contributed by atoms with Crippen LogP contribution in [0.2, 0.25) is 0 Å². The van der Waals surface area contributed by atoms with E-state index in [-0.39, 0.29) is 16.8 Å². The van der Waals surface area contributed by atoms with E-state index in [1.807, 2.05) is 13.8 Å². The SMILES string of the molecule is CC(C)c1noc(CCCNC(=O)N(C)CCCOc2ccc(S(C)(=O)=O)cc2)n1. The molecule has 1 aromatic carbocycles. The number of amides is 2. The number of hydrogen-bond donors (Lipinski definition) is 1. The Hall–Kier alpha value is -2.62. The van der Waals surface area contributed by atoms with Crippen molar-refractivity contribution in [2.24, 2.45) is 0 Å². The molecule has 2 aromatic rings. The van der Waals surface area contributed by atoms with E-state index in [9.17, 15) is 13.2 Å². The molecule has 0 unspecified atom stereocenters. The van der Waals surface area contributed by atoms with Crippen molar-refractivity contribution in [3.63, 3.8) is 0 Å². The van der Waals surface area contributed by atoms with E-state index < -0.39 is 9.84 Å². The lowest BCUT2D eigenvalue weighted by atomic mass is 10.2. The molecule has 2 amide bonds. The minimum absolute atomic E-state index is 0.152. The molecule has 1 aromatic heterocycles. The van der Waals surface area contributed by atoms with E-state index in [4.69, 9.17) is 9.26 Å². The Morgan fingerprint density at radius 1 is 1.23 bits per heavy atom. The van der Waals surface area contributed by atoms with Crippen LogP contribution in [-0.4, -0.2) is 62.5 Å². The van der Waals surface area contributed by atoms with Gasteiger partial charge in [0, 0.05) is 38.7 Å². The number of nitrogens with zero attached hydrogens (tertiary/aromatic N) is 3. The summed E-state index contributed by atoms with van der Waals surface area (Å²) in [6.45, 7) is 5.49. The van der Waals surface area contributed by atoms with E-state index in [0.29, 0.717) is 56.4 Å². The van der Waals surface area contributed by atoms with Crippen molar-refractivity contribution in [2.45, 2.75) is 43.9 Å². The highest BCUT2D eigenvalue weighted by atomic mass is 32.2. The Bertz CT molecular complexity index is 910. The van der Waals surface area contributed by atoms with E-state index in [0.717, 1.165) is 6.26 Å². The summed E-state index contributed by atoms with van der Waals surface area (Å²) >= 11 is 0. The quantitative estimate of drug-likeness (QED) is 0.536. The van der Waals surface area contributed by atoms with Gasteiger partial charge in [0.1, 0.15) is 5.75 Å². The van der Waals surface area contributed by atoms with Crippen LogP contribution in [0.5, 0.6) is 5.75 Å². The zero-order valence-corrected chi connectivity index (χ0v) is 18.7. The lowest BCUT2D eigenvalue weighted by molar-refractivity contribution is 0.203. The van der Waals surface area contributed by atoms with Crippen LogP contribution < -0.4 is 10.1 Å². The molecule has 0 radical (unpaired) electrons. The number of rotatable bonds is 11. The summed E-state index contributed by atoms with van der Waals surface area (Å²) in [6, 6.07) is 6.13. The second kappa shape index (κ2) is 11.0. The van der Waals surface area contributed by atoms with Gasteiger partial charge in [-0.2, -0.15) is 4.98 Å². The standard InChI is InChI=1S/C20H30N4O5S/c1-15(2)19-22-18(29-23-19)7-5-12-21-20(25)24(3)13-6-14-28-16-8-10-17(11-9-16)30(4,26)27/h8-11,15H,5-7,12-14H2,1-4H3,(H,21,25). The first-order chi connectivity index (χ1) is 14.2. The molecule has 10 heteroatoms. The summed E-state index contributed by atoms with van der Waals surface area (Å²) in [5.41, 5.74) is 0. The molecule has 0 aliphatic carbocycles. The van der Waals surface area contributed by atoms with Crippen LogP contribution in [0.4, 0.5) is 4.79 Å². The molecule has 0 atom stereocenters. The molecule has 0 bridgehead atoms. The summed E-state index contributed by atoms with van der Waals surface area (Å²) in [7, 11) is -1.49. The molecule has 0 saturated heterocycles.